The van der Waals surface area contributed by atoms with E-state index in [4.69, 9.17) is 0 Å². The summed E-state index contributed by atoms with van der Waals surface area (Å²) in [6.07, 6.45) is 0.231. The number of hydrogen-bond donors (Lipinski definition) is 3. The number of Topliss-reactive ketones (excluding diaryl/α,β-unsaturated/α-hetero) is 1. The normalized spacial score (nSPS) is 11.9. The molecule has 3 rings (SSSR count). The van der Waals surface area contributed by atoms with E-state index in [1.165, 1.54) is 23.1 Å². The Bertz CT molecular complexity index is 939. The third-order valence-electron chi connectivity index (χ3n) is 4.25. The first kappa shape index (κ1) is 25.7. The van der Waals surface area contributed by atoms with Gasteiger partial charge in [-0.05, 0) is 29.8 Å². The minimum Gasteiger partial charge on any atom is -0.505 e. The third kappa shape index (κ3) is 6.57. The number of amides is 1. The van der Waals surface area contributed by atoms with Gasteiger partial charge in [-0.2, -0.15) is 0 Å². The zero-order valence-electron chi connectivity index (χ0n) is 19.0. The molecule has 0 bridgehead atoms. The number of anilines is 1. The number of aromatic hydroxyl groups is 1. The van der Waals surface area contributed by atoms with Crippen molar-refractivity contribution < 1.29 is 19.1 Å². The Morgan fingerprint density at radius 1 is 1.10 bits per heavy atom. The van der Waals surface area contributed by atoms with Gasteiger partial charge in [0.25, 0.3) is 5.91 Å². The summed E-state index contributed by atoms with van der Waals surface area (Å²) in [4.78, 5) is 25.5. The molecule has 2 aromatic rings. The molecule has 168 valence electrons. The van der Waals surface area contributed by atoms with Crippen LogP contribution in [0.4, 0.5) is 10.1 Å². The van der Waals surface area contributed by atoms with Crippen molar-refractivity contribution in [3.05, 3.63) is 70.8 Å². The zero-order chi connectivity index (χ0) is 23.6. The van der Waals surface area contributed by atoms with Gasteiger partial charge in [0.1, 0.15) is 11.5 Å². The highest BCUT2D eigenvalue weighted by molar-refractivity contribution is 6.07. The smallest absolute Gasteiger partial charge is 0.257 e. The number of allylic oxidation sites excluding steroid dienone is 2. The molecule has 1 amide bonds. The Hall–Kier alpha value is -3.35. The molecule has 1 aliphatic carbocycles. The lowest BCUT2D eigenvalue weighted by atomic mass is 9.98. The number of halogens is 1. The predicted molar refractivity (Wildman–Crippen MR) is 122 cm³/mol. The van der Waals surface area contributed by atoms with Gasteiger partial charge >= 0.3 is 0 Å². The number of carbonyl (C=O) groups is 2. The number of phenolic OH excluding ortho intramolecular Hbond substituents is 1. The first-order valence-electron chi connectivity index (χ1n) is 10.4. The molecule has 0 saturated carbocycles. The van der Waals surface area contributed by atoms with Crippen molar-refractivity contribution in [2.75, 3.05) is 19.4 Å². The van der Waals surface area contributed by atoms with Gasteiger partial charge in [-0.25, -0.2) is 4.39 Å². The first-order chi connectivity index (χ1) is 14.9. The number of hydrogen-bond acceptors (Lipinski definition) is 5. The highest BCUT2D eigenvalue weighted by Crippen LogP contribution is 2.32. The number of rotatable bonds is 6. The van der Waals surface area contributed by atoms with E-state index < -0.39 is 0 Å². The lowest BCUT2D eigenvalue weighted by molar-refractivity contribution is -0.116. The minimum atomic E-state index is -0.338. The molecular formula is C24H32FN3O3. The maximum atomic E-state index is 13.3. The largest absolute Gasteiger partial charge is 0.505 e. The van der Waals surface area contributed by atoms with Crippen LogP contribution in [0.2, 0.25) is 0 Å². The SMILES string of the molecule is CC.CC.CN(C)C(=O)c1cccc(NC2=C(NCc3cccc(F)c3)CC2=O)c1O. The topological polar surface area (TPSA) is 81.7 Å². The van der Waals surface area contributed by atoms with E-state index in [1.807, 2.05) is 27.7 Å². The fourth-order valence-electron chi connectivity index (χ4n) is 2.74. The summed E-state index contributed by atoms with van der Waals surface area (Å²) < 4.78 is 13.3. The third-order valence-corrected chi connectivity index (χ3v) is 4.25. The van der Waals surface area contributed by atoms with Crippen LogP contribution in [-0.2, 0) is 11.3 Å². The molecule has 0 radical (unpaired) electrons. The highest BCUT2D eigenvalue weighted by Gasteiger charge is 2.28. The number of nitrogens with zero attached hydrogens (tertiary/aromatic N) is 1. The van der Waals surface area contributed by atoms with Gasteiger partial charge in [-0.15, -0.1) is 0 Å². The first-order valence-corrected chi connectivity index (χ1v) is 10.4. The number of ketones is 1. The zero-order valence-corrected chi connectivity index (χ0v) is 19.0. The Kier molecular flexibility index (Phi) is 10.2. The number of para-hydroxylation sites is 1. The van der Waals surface area contributed by atoms with E-state index in [1.54, 1.807) is 38.4 Å². The van der Waals surface area contributed by atoms with E-state index in [9.17, 15) is 19.1 Å². The van der Waals surface area contributed by atoms with Gasteiger partial charge in [0.2, 0.25) is 0 Å². The lowest BCUT2D eigenvalue weighted by Crippen LogP contribution is -2.32. The average molecular weight is 430 g/mol. The fourth-order valence-corrected chi connectivity index (χ4v) is 2.74. The monoisotopic (exact) mass is 429 g/mol. The molecule has 0 aromatic heterocycles. The lowest BCUT2D eigenvalue weighted by Gasteiger charge is -2.25. The van der Waals surface area contributed by atoms with Gasteiger partial charge < -0.3 is 20.6 Å². The van der Waals surface area contributed by atoms with Crippen LogP contribution in [0.5, 0.6) is 5.75 Å². The van der Waals surface area contributed by atoms with E-state index >= 15 is 0 Å². The number of benzene rings is 2. The Morgan fingerprint density at radius 3 is 2.32 bits per heavy atom. The second kappa shape index (κ2) is 12.4. The summed E-state index contributed by atoms with van der Waals surface area (Å²) in [5.74, 6) is -0.985. The van der Waals surface area contributed by atoms with Crippen molar-refractivity contribution in [1.29, 1.82) is 0 Å². The molecular weight excluding hydrogens is 397 g/mol. The summed E-state index contributed by atoms with van der Waals surface area (Å²) in [6.45, 7) is 8.37. The molecule has 3 N–H and O–H groups in total. The molecule has 6 nitrogen and oxygen atoms in total. The maximum Gasteiger partial charge on any atom is 0.257 e. The van der Waals surface area contributed by atoms with Crippen molar-refractivity contribution in [2.24, 2.45) is 0 Å². The van der Waals surface area contributed by atoms with Crippen molar-refractivity contribution in [3.63, 3.8) is 0 Å². The van der Waals surface area contributed by atoms with Crippen molar-refractivity contribution >= 4 is 17.4 Å². The van der Waals surface area contributed by atoms with E-state index in [2.05, 4.69) is 10.6 Å². The Labute approximate surface area is 183 Å². The molecule has 0 heterocycles. The van der Waals surface area contributed by atoms with Crippen molar-refractivity contribution in [2.45, 2.75) is 40.7 Å². The van der Waals surface area contributed by atoms with Crippen LogP contribution in [0.15, 0.2) is 53.9 Å². The van der Waals surface area contributed by atoms with Gasteiger partial charge in [-0.1, -0.05) is 45.9 Å². The summed E-state index contributed by atoms with van der Waals surface area (Å²) >= 11 is 0. The average Bonchev–Trinajstić information content (AvgIpc) is 2.78. The number of phenols is 1. The highest BCUT2D eigenvalue weighted by atomic mass is 19.1. The fraction of sp³-hybridized carbons (Fsp3) is 0.333. The van der Waals surface area contributed by atoms with Crippen LogP contribution >= 0.6 is 0 Å². The standard InChI is InChI=1S/C20H20FN3O3.2C2H6/c1-24(2)20(27)14-7-4-8-15(19(14)26)23-18-16(10-17(18)25)22-11-12-5-3-6-13(21)9-12;2*1-2/h3-9,22-23,26H,10-11H2,1-2H3;2*1-2H3. The molecule has 0 fully saturated rings. The molecule has 0 aliphatic heterocycles. The molecule has 0 unspecified atom stereocenters. The molecule has 1 aliphatic rings. The summed E-state index contributed by atoms with van der Waals surface area (Å²) in [6, 6.07) is 10.9. The van der Waals surface area contributed by atoms with Crippen LogP contribution in [0, 0.1) is 5.82 Å². The minimum absolute atomic E-state index is 0.111. The van der Waals surface area contributed by atoms with Gasteiger partial charge in [-0.3, -0.25) is 9.59 Å². The van der Waals surface area contributed by atoms with Crippen LogP contribution < -0.4 is 10.6 Å². The Balaban J connectivity index is 0.00000113. The quantitative estimate of drug-likeness (QED) is 0.582. The number of nitrogens with one attached hydrogen (secondary N) is 2. The van der Waals surface area contributed by atoms with Crippen LogP contribution in [-0.4, -0.2) is 35.8 Å². The summed E-state index contributed by atoms with van der Waals surface area (Å²) in [5.41, 5.74) is 2.18. The van der Waals surface area contributed by atoms with Crippen LogP contribution in [0.25, 0.3) is 0 Å². The van der Waals surface area contributed by atoms with E-state index in [0.29, 0.717) is 17.9 Å². The van der Waals surface area contributed by atoms with Crippen LogP contribution in [0.3, 0.4) is 0 Å². The summed E-state index contributed by atoms with van der Waals surface area (Å²) in [5, 5.41) is 16.4. The molecule has 0 saturated heterocycles. The molecule has 7 heteroatoms. The van der Waals surface area contributed by atoms with Gasteiger partial charge in [0, 0.05) is 26.3 Å². The molecule has 31 heavy (non-hydrogen) atoms. The number of carbonyl (C=O) groups excluding carboxylic acids is 2. The predicted octanol–water partition coefficient (Wildman–Crippen LogP) is 4.67. The van der Waals surface area contributed by atoms with E-state index in [-0.39, 0.29) is 40.9 Å². The second-order valence-electron chi connectivity index (χ2n) is 6.46. The molecule has 0 atom stereocenters. The van der Waals surface area contributed by atoms with Crippen LogP contribution in [0.1, 0.15) is 50.0 Å². The van der Waals surface area contributed by atoms with Crippen molar-refractivity contribution in [1.82, 2.24) is 10.2 Å². The van der Waals surface area contributed by atoms with Gasteiger partial charge in [0.15, 0.2) is 11.5 Å². The maximum absolute atomic E-state index is 13.3. The van der Waals surface area contributed by atoms with E-state index in [0.717, 1.165) is 5.56 Å². The molecule has 0 spiro atoms. The second-order valence-corrected chi connectivity index (χ2v) is 6.46. The van der Waals surface area contributed by atoms with Gasteiger partial charge in [0.05, 0.1) is 17.7 Å². The summed E-state index contributed by atoms with van der Waals surface area (Å²) in [7, 11) is 3.18. The Morgan fingerprint density at radius 2 is 1.74 bits per heavy atom. The van der Waals surface area contributed by atoms with Crippen molar-refractivity contribution in [3.8, 4) is 5.75 Å². The molecule has 2 aromatic carbocycles.